The molecule has 1 aromatic rings. The van der Waals surface area contributed by atoms with E-state index >= 15 is 0 Å². The molecule has 0 saturated carbocycles. The van der Waals surface area contributed by atoms with Gasteiger partial charge in [0.2, 0.25) is 0 Å². The molecule has 0 spiro atoms. The zero-order valence-corrected chi connectivity index (χ0v) is 12.5. The van der Waals surface area contributed by atoms with E-state index < -0.39 is 22.4 Å². The van der Waals surface area contributed by atoms with Crippen molar-refractivity contribution in [1.82, 2.24) is 9.03 Å². The maximum absolute atomic E-state index is 11.9. The molecule has 3 N–H and O–H groups in total. The molecule has 0 unspecified atom stereocenters. The summed E-state index contributed by atoms with van der Waals surface area (Å²) >= 11 is 0. The molecule has 20 heavy (non-hydrogen) atoms. The standard InChI is InChI=1S/C12H19N3O4S/c1-9(2)19-12(16)14-20(17,18)15(3)8-10-6-4-5-7-11(10)13/h4-7,9H,8,13H2,1-3H3,(H,14,16). The Hall–Kier alpha value is -1.80. The lowest BCUT2D eigenvalue weighted by Crippen LogP contribution is -2.42. The fourth-order valence-electron chi connectivity index (χ4n) is 1.42. The molecule has 7 nitrogen and oxygen atoms in total. The van der Waals surface area contributed by atoms with Gasteiger partial charge in [0.1, 0.15) is 0 Å². The van der Waals surface area contributed by atoms with Crippen LogP contribution in [0, 0.1) is 0 Å². The van der Waals surface area contributed by atoms with E-state index in [1.807, 2.05) is 4.72 Å². The van der Waals surface area contributed by atoms with Crippen molar-refractivity contribution < 1.29 is 17.9 Å². The summed E-state index contributed by atoms with van der Waals surface area (Å²) in [7, 11) is -2.62. The van der Waals surface area contributed by atoms with Gasteiger partial charge < -0.3 is 10.5 Å². The lowest BCUT2D eigenvalue weighted by atomic mass is 10.2. The van der Waals surface area contributed by atoms with Gasteiger partial charge in [0.25, 0.3) is 0 Å². The van der Waals surface area contributed by atoms with Crippen LogP contribution < -0.4 is 10.5 Å². The minimum absolute atomic E-state index is 0.0525. The SMILES string of the molecule is CC(C)OC(=O)NS(=O)(=O)N(C)Cc1ccccc1N. The number of anilines is 1. The van der Waals surface area contributed by atoms with E-state index in [0.29, 0.717) is 11.3 Å². The summed E-state index contributed by atoms with van der Waals surface area (Å²) < 4.78 is 31.4. The Morgan fingerprint density at radius 2 is 2.00 bits per heavy atom. The first-order valence-electron chi connectivity index (χ1n) is 6.00. The van der Waals surface area contributed by atoms with Crippen molar-refractivity contribution in [2.24, 2.45) is 0 Å². The minimum Gasteiger partial charge on any atom is -0.446 e. The molecule has 1 aromatic carbocycles. The largest absolute Gasteiger partial charge is 0.446 e. The molecule has 8 heteroatoms. The number of nitrogens with one attached hydrogen (secondary N) is 1. The number of carbonyl (C=O) groups excluding carboxylic acids is 1. The van der Waals surface area contributed by atoms with Crippen molar-refractivity contribution in [3.8, 4) is 0 Å². The summed E-state index contributed by atoms with van der Waals surface area (Å²) in [6, 6.07) is 6.90. The van der Waals surface area contributed by atoms with Crippen molar-refractivity contribution in [2.45, 2.75) is 26.5 Å². The van der Waals surface area contributed by atoms with Crippen LogP contribution in [0.3, 0.4) is 0 Å². The van der Waals surface area contributed by atoms with Crippen LogP contribution in [0.2, 0.25) is 0 Å². The number of benzene rings is 1. The summed E-state index contributed by atoms with van der Waals surface area (Å²) in [4.78, 5) is 11.3. The summed E-state index contributed by atoms with van der Waals surface area (Å²) in [5.74, 6) is 0. The maximum Gasteiger partial charge on any atom is 0.422 e. The first kappa shape index (κ1) is 16.3. The smallest absolute Gasteiger partial charge is 0.422 e. The van der Waals surface area contributed by atoms with Crippen LogP contribution in [-0.4, -0.2) is 32.0 Å². The fraction of sp³-hybridized carbons (Fsp3) is 0.417. The van der Waals surface area contributed by atoms with Gasteiger partial charge in [-0.3, -0.25) is 0 Å². The Labute approximate surface area is 118 Å². The summed E-state index contributed by atoms with van der Waals surface area (Å²) in [5.41, 5.74) is 6.88. The second kappa shape index (κ2) is 6.58. The molecule has 1 rings (SSSR count). The topological polar surface area (TPSA) is 102 Å². The van der Waals surface area contributed by atoms with Gasteiger partial charge in [0.05, 0.1) is 6.10 Å². The van der Waals surface area contributed by atoms with Gasteiger partial charge in [0.15, 0.2) is 0 Å². The van der Waals surface area contributed by atoms with E-state index in [2.05, 4.69) is 0 Å². The molecular formula is C12H19N3O4S. The Balaban J connectivity index is 2.73. The second-order valence-corrected chi connectivity index (χ2v) is 6.29. The monoisotopic (exact) mass is 301 g/mol. The summed E-state index contributed by atoms with van der Waals surface area (Å²) in [6.45, 7) is 3.30. The van der Waals surface area contributed by atoms with Gasteiger partial charge >= 0.3 is 16.3 Å². The number of para-hydroxylation sites is 1. The highest BCUT2D eigenvalue weighted by atomic mass is 32.2. The van der Waals surface area contributed by atoms with Gasteiger partial charge in [-0.2, -0.15) is 12.7 Å². The molecule has 0 heterocycles. The lowest BCUT2D eigenvalue weighted by Gasteiger charge is -2.18. The van der Waals surface area contributed by atoms with Gasteiger partial charge in [-0.1, -0.05) is 18.2 Å². The molecule has 0 aliphatic rings. The van der Waals surface area contributed by atoms with E-state index in [1.165, 1.54) is 7.05 Å². The van der Waals surface area contributed by atoms with Crippen molar-refractivity contribution in [1.29, 1.82) is 0 Å². The van der Waals surface area contributed by atoms with Gasteiger partial charge in [-0.15, -0.1) is 0 Å². The maximum atomic E-state index is 11.9. The number of nitrogen functional groups attached to an aromatic ring is 1. The highest BCUT2D eigenvalue weighted by Crippen LogP contribution is 2.13. The van der Waals surface area contributed by atoms with Gasteiger partial charge in [-0.25, -0.2) is 9.52 Å². The van der Waals surface area contributed by atoms with Gasteiger partial charge in [0, 0.05) is 19.3 Å². The molecule has 0 radical (unpaired) electrons. The Bertz CT molecular complexity index is 572. The molecular weight excluding hydrogens is 282 g/mol. The Morgan fingerprint density at radius 3 is 2.55 bits per heavy atom. The first-order chi connectivity index (χ1) is 9.22. The number of hydrogen-bond donors (Lipinski definition) is 2. The number of rotatable bonds is 5. The zero-order chi connectivity index (χ0) is 15.3. The minimum atomic E-state index is -3.97. The molecule has 1 amide bonds. The molecule has 0 saturated heterocycles. The Morgan fingerprint density at radius 1 is 1.40 bits per heavy atom. The lowest BCUT2D eigenvalue weighted by molar-refractivity contribution is 0.121. The molecule has 0 aliphatic heterocycles. The van der Waals surface area contributed by atoms with Crippen molar-refractivity contribution in [3.63, 3.8) is 0 Å². The van der Waals surface area contributed by atoms with E-state index in [4.69, 9.17) is 10.5 Å². The molecule has 0 aliphatic carbocycles. The zero-order valence-electron chi connectivity index (χ0n) is 11.7. The van der Waals surface area contributed by atoms with Crippen LogP contribution in [0.4, 0.5) is 10.5 Å². The van der Waals surface area contributed by atoms with E-state index in [0.717, 1.165) is 4.31 Å². The highest BCUT2D eigenvalue weighted by molar-refractivity contribution is 7.87. The number of nitrogens with zero attached hydrogens (tertiary/aromatic N) is 1. The van der Waals surface area contributed by atoms with Crippen molar-refractivity contribution in [3.05, 3.63) is 29.8 Å². The number of carbonyl (C=O) groups is 1. The number of amides is 1. The molecule has 0 aromatic heterocycles. The number of hydrogen-bond acceptors (Lipinski definition) is 5. The van der Waals surface area contributed by atoms with Crippen LogP contribution in [0.15, 0.2) is 24.3 Å². The second-order valence-electron chi connectivity index (χ2n) is 4.52. The third-order valence-corrected chi connectivity index (χ3v) is 3.79. The van der Waals surface area contributed by atoms with E-state index in [-0.39, 0.29) is 6.54 Å². The van der Waals surface area contributed by atoms with E-state index in [1.54, 1.807) is 38.1 Å². The molecule has 0 bridgehead atoms. The quantitative estimate of drug-likeness (QED) is 0.792. The third-order valence-electron chi connectivity index (χ3n) is 2.41. The predicted molar refractivity (Wildman–Crippen MR) is 76.0 cm³/mol. The van der Waals surface area contributed by atoms with Crippen molar-refractivity contribution in [2.75, 3.05) is 12.8 Å². The third kappa shape index (κ3) is 4.71. The van der Waals surface area contributed by atoms with Crippen LogP contribution in [0.25, 0.3) is 0 Å². The van der Waals surface area contributed by atoms with E-state index in [9.17, 15) is 13.2 Å². The normalized spacial score (nSPS) is 11.7. The fourth-order valence-corrected chi connectivity index (χ4v) is 2.15. The summed E-state index contributed by atoms with van der Waals surface area (Å²) in [6.07, 6.45) is -1.41. The van der Waals surface area contributed by atoms with Gasteiger partial charge in [-0.05, 0) is 25.5 Å². The van der Waals surface area contributed by atoms with Crippen molar-refractivity contribution >= 4 is 22.0 Å². The Kier molecular flexibility index (Phi) is 5.34. The van der Waals surface area contributed by atoms with Crippen LogP contribution >= 0.6 is 0 Å². The van der Waals surface area contributed by atoms with Crippen LogP contribution in [0.5, 0.6) is 0 Å². The van der Waals surface area contributed by atoms with Crippen LogP contribution in [0.1, 0.15) is 19.4 Å². The molecule has 0 atom stereocenters. The average molecular weight is 301 g/mol. The number of nitrogens with two attached hydrogens (primary N) is 1. The first-order valence-corrected chi connectivity index (χ1v) is 7.44. The molecule has 112 valence electrons. The number of ether oxygens (including phenoxy) is 1. The summed E-state index contributed by atoms with van der Waals surface area (Å²) in [5, 5.41) is 0. The van der Waals surface area contributed by atoms with Crippen LogP contribution in [-0.2, 0) is 21.5 Å². The average Bonchev–Trinajstić information content (AvgIpc) is 2.30. The molecule has 0 fully saturated rings. The predicted octanol–water partition coefficient (Wildman–Crippen LogP) is 1.08. The highest BCUT2D eigenvalue weighted by Gasteiger charge is 2.22.